The molecule has 0 bridgehead atoms. The number of aryl methyl sites for hydroxylation is 1. The summed E-state index contributed by atoms with van der Waals surface area (Å²) in [4.78, 5) is 44.3. The van der Waals surface area contributed by atoms with Crippen molar-refractivity contribution in [2.45, 2.75) is 20.4 Å². The molecule has 9 nitrogen and oxygen atoms in total. The van der Waals surface area contributed by atoms with Gasteiger partial charge >= 0.3 is 5.97 Å². The van der Waals surface area contributed by atoms with E-state index in [4.69, 9.17) is 0 Å². The Balaban J connectivity index is 1.23. The third-order valence-electron chi connectivity index (χ3n) is 6.99. The quantitative estimate of drug-likeness (QED) is 0.164. The minimum absolute atomic E-state index is 0.0175. The van der Waals surface area contributed by atoms with Crippen LogP contribution in [0.1, 0.15) is 54.4 Å². The lowest BCUT2D eigenvalue weighted by atomic mass is 10.0. The van der Waals surface area contributed by atoms with Gasteiger partial charge in [0.15, 0.2) is 11.6 Å². The van der Waals surface area contributed by atoms with Crippen LogP contribution >= 0.6 is 0 Å². The smallest absolute Gasteiger partial charge is 0.337 e. The van der Waals surface area contributed by atoms with E-state index >= 15 is 0 Å². The number of carbonyl (C=O) groups is 3. The molecule has 0 fully saturated rings. The van der Waals surface area contributed by atoms with E-state index in [1.807, 2.05) is 30.4 Å². The van der Waals surface area contributed by atoms with Crippen LogP contribution in [0.15, 0.2) is 60.8 Å². The summed E-state index contributed by atoms with van der Waals surface area (Å²) in [7, 11) is 0. The SMILES string of the molecule is Cc1[nH]c(C=C2C(=O)Nc3cc(C=CCNc4ncccc4C(=O)NCc4ccc(F)c(F)c4)ccc32)c(C)c1C(=O)O. The molecule has 1 aliphatic rings. The fourth-order valence-electron chi connectivity index (χ4n) is 4.85. The Morgan fingerprint density at radius 3 is 2.63 bits per heavy atom. The number of benzene rings is 2. The van der Waals surface area contributed by atoms with Gasteiger partial charge in [-0.3, -0.25) is 9.59 Å². The number of amides is 2. The fourth-order valence-corrected chi connectivity index (χ4v) is 4.85. The fraction of sp³-hybridized carbons (Fsp3) is 0.125. The minimum Gasteiger partial charge on any atom is -0.478 e. The first kappa shape index (κ1) is 28.9. The topological polar surface area (TPSA) is 136 Å². The number of nitrogens with zero attached hydrogens (tertiary/aromatic N) is 1. The van der Waals surface area contributed by atoms with E-state index in [-0.39, 0.29) is 18.0 Å². The number of hydrogen-bond donors (Lipinski definition) is 5. The van der Waals surface area contributed by atoms with Gasteiger partial charge in [-0.15, -0.1) is 0 Å². The predicted octanol–water partition coefficient (Wildman–Crippen LogP) is 5.55. The summed E-state index contributed by atoms with van der Waals surface area (Å²) in [6.45, 7) is 3.74. The van der Waals surface area contributed by atoms with Crippen molar-refractivity contribution in [1.82, 2.24) is 15.3 Å². The molecule has 1 aliphatic heterocycles. The molecule has 4 aromatic rings. The van der Waals surface area contributed by atoms with Gasteiger partial charge in [0, 0.05) is 41.9 Å². The van der Waals surface area contributed by atoms with E-state index in [9.17, 15) is 28.3 Å². The van der Waals surface area contributed by atoms with E-state index in [2.05, 4.69) is 25.9 Å². The molecule has 5 N–H and O–H groups in total. The monoisotopic (exact) mass is 583 g/mol. The van der Waals surface area contributed by atoms with Crippen LogP contribution in [0.25, 0.3) is 17.7 Å². The highest BCUT2D eigenvalue weighted by molar-refractivity contribution is 6.35. The number of halogens is 2. The van der Waals surface area contributed by atoms with Crippen LogP contribution in [0.5, 0.6) is 0 Å². The number of hydrogen-bond acceptors (Lipinski definition) is 5. The number of H-pyrrole nitrogens is 1. The molecule has 3 heterocycles. The summed E-state index contributed by atoms with van der Waals surface area (Å²) in [5.74, 6) is -3.32. The number of carbonyl (C=O) groups excluding carboxylic acids is 2. The Morgan fingerprint density at radius 1 is 1.07 bits per heavy atom. The zero-order valence-electron chi connectivity index (χ0n) is 23.2. The average molecular weight is 584 g/mol. The van der Waals surface area contributed by atoms with E-state index in [1.165, 1.54) is 6.07 Å². The Morgan fingerprint density at radius 2 is 1.88 bits per heavy atom. The maximum Gasteiger partial charge on any atom is 0.337 e. The van der Waals surface area contributed by atoms with Crippen LogP contribution in [0.4, 0.5) is 20.3 Å². The number of pyridine rings is 1. The first-order valence-electron chi connectivity index (χ1n) is 13.3. The summed E-state index contributed by atoms with van der Waals surface area (Å²) in [5.41, 5.74) is 5.14. The summed E-state index contributed by atoms with van der Waals surface area (Å²) < 4.78 is 26.6. The van der Waals surface area contributed by atoms with Crippen molar-refractivity contribution in [2.75, 3.05) is 17.2 Å². The number of carboxylic acids is 1. The highest BCUT2D eigenvalue weighted by Crippen LogP contribution is 2.35. The molecule has 0 saturated carbocycles. The van der Waals surface area contributed by atoms with Crippen LogP contribution in [0.2, 0.25) is 0 Å². The summed E-state index contributed by atoms with van der Waals surface area (Å²) in [6.07, 6.45) is 6.90. The van der Waals surface area contributed by atoms with Gasteiger partial charge in [0.05, 0.1) is 16.7 Å². The van der Waals surface area contributed by atoms with Gasteiger partial charge in [-0.05, 0) is 66.9 Å². The van der Waals surface area contributed by atoms with Crippen molar-refractivity contribution in [1.29, 1.82) is 0 Å². The number of anilines is 2. The molecular formula is C32H27F2N5O4. The normalized spacial score (nSPS) is 13.3. The van der Waals surface area contributed by atoms with E-state index in [1.54, 1.807) is 38.3 Å². The van der Waals surface area contributed by atoms with E-state index in [0.29, 0.717) is 57.3 Å². The van der Waals surface area contributed by atoms with Crippen molar-refractivity contribution in [2.24, 2.45) is 0 Å². The maximum atomic E-state index is 13.5. The standard InChI is InChI=1S/C32H27F2N5O4/c1-17-26(38-18(2)28(17)32(42)43)15-23-21-9-7-19(14-27(21)39-31(23)41)5-3-11-35-29-22(6-4-12-36-29)30(40)37-16-20-8-10-24(33)25(34)13-20/h3-10,12-15,38H,11,16H2,1-2H3,(H,35,36)(H,37,40)(H,39,41)(H,42,43). The number of carboxylic acid groups (broad SMARTS) is 1. The summed E-state index contributed by atoms with van der Waals surface area (Å²) in [6, 6.07) is 12.2. The second kappa shape index (κ2) is 12.1. The molecule has 2 amide bonds. The van der Waals surface area contributed by atoms with Gasteiger partial charge in [0.1, 0.15) is 5.82 Å². The number of aromatic amines is 1. The minimum atomic E-state index is -1.03. The number of rotatable bonds is 9. The molecule has 0 spiro atoms. The Kier molecular flexibility index (Phi) is 8.15. The van der Waals surface area contributed by atoms with Gasteiger partial charge in [0.2, 0.25) is 0 Å². The zero-order chi connectivity index (χ0) is 30.7. The largest absolute Gasteiger partial charge is 0.478 e. The number of fused-ring (bicyclic) bond motifs is 1. The van der Waals surface area contributed by atoms with Crippen LogP contribution in [0.3, 0.4) is 0 Å². The van der Waals surface area contributed by atoms with Crippen molar-refractivity contribution in [3.63, 3.8) is 0 Å². The molecule has 43 heavy (non-hydrogen) atoms. The van der Waals surface area contributed by atoms with Crippen molar-refractivity contribution in [3.05, 3.63) is 117 Å². The highest BCUT2D eigenvalue weighted by Gasteiger charge is 2.25. The van der Waals surface area contributed by atoms with Crippen LogP contribution in [-0.4, -0.2) is 39.4 Å². The van der Waals surface area contributed by atoms with Gasteiger partial charge in [-0.2, -0.15) is 0 Å². The predicted molar refractivity (Wildman–Crippen MR) is 159 cm³/mol. The molecule has 0 aliphatic carbocycles. The first-order chi connectivity index (χ1) is 20.6. The van der Waals surface area contributed by atoms with Crippen molar-refractivity contribution < 1.29 is 28.3 Å². The molecule has 0 saturated heterocycles. The Bertz CT molecular complexity index is 1830. The molecule has 2 aromatic heterocycles. The number of nitrogens with one attached hydrogen (secondary N) is 4. The van der Waals surface area contributed by atoms with E-state index in [0.717, 1.165) is 17.7 Å². The molecule has 5 rings (SSSR count). The van der Waals surface area contributed by atoms with Gasteiger partial charge in [0.25, 0.3) is 11.8 Å². The molecule has 218 valence electrons. The lowest BCUT2D eigenvalue weighted by Crippen LogP contribution is -2.24. The summed E-state index contributed by atoms with van der Waals surface area (Å²) in [5, 5.41) is 18.1. The Labute approximate surface area is 245 Å². The highest BCUT2D eigenvalue weighted by atomic mass is 19.2. The van der Waals surface area contributed by atoms with E-state index < -0.39 is 23.5 Å². The van der Waals surface area contributed by atoms with Crippen LogP contribution in [0, 0.1) is 25.5 Å². The maximum absolute atomic E-state index is 13.5. The molecule has 0 radical (unpaired) electrons. The summed E-state index contributed by atoms with van der Waals surface area (Å²) >= 11 is 0. The third kappa shape index (κ3) is 6.20. The molecule has 0 unspecified atom stereocenters. The zero-order valence-corrected chi connectivity index (χ0v) is 23.2. The Hall–Kier alpha value is -5.58. The molecule has 0 atom stereocenters. The van der Waals surface area contributed by atoms with Crippen molar-refractivity contribution >= 4 is 47.0 Å². The average Bonchev–Trinajstić information content (AvgIpc) is 3.44. The second-order valence-corrected chi connectivity index (χ2v) is 9.90. The van der Waals surface area contributed by atoms with Crippen LogP contribution in [-0.2, 0) is 11.3 Å². The molecule has 2 aromatic carbocycles. The lowest BCUT2D eigenvalue weighted by molar-refractivity contribution is -0.110. The van der Waals surface area contributed by atoms with Crippen LogP contribution < -0.4 is 16.0 Å². The van der Waals surface area contributed by atoms with Gasteiger partial charge < -0.3 is 26.0 Å². The molecular weight excluding hydrogens is 556 g/mol. The second-order valence-electron chi connectivity index (χ2n) is 9.90. The van der Waals surface area contributed by atoms with Gasteiger partial charge in [-0.1, -0.05) is 30.4 Å². The number of aromatic carboxylic acids is 1. The third-order valence-corrected chi connectivity index (χ3v) is 6.99. The molecule has 11 heteroatoms. The van der Waals surface area contributed by atoms with Gasteiger partial charge in [-0.25, -0.2) is 18.6 Å². The first-order valence-corrected chi connectivity index (χ1v) is 13.3. The van der Waals surface area contributed by atoms with Crippen molar-refractivity contribution in [3.8, 4) is 0 Å². The lowest BCUT2D eigenvalue weighted by Gasteiger charge is -2.10. The number of aromatic nitrogens is 2.